The van der Waals surface area contributed by atoms with E-state index in [1.807, 2.05) is 11.9 Å². The van der Waals surface area contributed by atoms with Crippen molar-refractivity contribution in [2.75, 3.05) is 46.6 Å². The molecule has 0 saturated heterocycles. The average molecular weight is 253 g/mol. The quantitative estimate of drug-likeness (QED) is 0.354. The van der Waals surface area contributed by atoms with Crippen LogP contribution in [0.15, 0.2) is 0 Å². The standard InChI is InChI=1S/C5H13NO2.C5H10O4/c1-6(2-4-7)3-5-8;1-5(2-6,3-7)4(8)9/h7-8H,2-5H2,1H3;6-7H,2-3H2,1H3,(H,8,9). The monoisotopic (exact) mass is 253 g/mol. The summed E-state index contributed by atoms with van der Waals surface area (Å²) in [7, 11) is 1.85. The summed E-state index contributed by atoms with van der Waals surface area (Å²) in [6.07, 6.45) is 0. The van der Waals surface area contributed by atoms with Gasteiger partial charge < -0.3 is 30.4 Å². The van der Waals surface area contributed by atoms with E-state index in [4.69, 9.17) is 25.5 Å². The van der Waals surface area contributed by atoms with Crippen LogP contribution in [-0.4, -0.2) is 83.0 Å². The van der Waals surface area contributed by atoms with Gasteiger partial charge in [-0.25, -0.2) is 0 Å². The van der Waals surface area contributed by atoms with Gasteiger partial charge in [0.15, 0.2) is 0 Å². The Morgan fingerprint density at radius 1 is 1.06 bits per heavy atom. The molecule has 104 valence electrons. The average Bonchev–Trinajstić information content (AvgIpc) is 2.29. The fourth-order valence-corrected chi connectivity index (χ4v) is 0.638. The molecule has 0 aliphatic rings. The van der Waals surface area contributed by atoms with Crippen LogP contribution in [-0.2, 0) is 4.79 Å². The summed E-state index contributed by atoms with van der Waals surface area (Å²) < 4.78 is 0. The lowest BCUT2D eigenvalue weighted by Crippen LogP contribution is -2.35. The van der Waals surface area contributed by atoms with Crippen molar-refractivity contribution in [3.05, 3.63) is 0 Å². The number of carboxylic acid groups (broad SMARTS) is 1. The Balaban J connectivity index is 0. The number of aliphatic hydroxyl groups is 4. The van der Waals surface area contributed by atoms with Gasteiger partial charge in [-0.05, 0) is 14.0 Å². The van der Waals surface area contributed by atoms with Gasteiger partial charge in [-0.2, -0.15) is 0 Å². The van der Waals surface area contributed by atoms with Crippen LogP contribution in [0.3, 0.4) is 0 Å². The molecule has 0 rings (SSSR count). The first kappa shape index (κ1) is 18.6. The van der Waals surface area contributed by atoms with Gasteiger partial charge >= 0.3 is 5.97 Å². The molecule has 0 aromatic rings. The molecule has 0 spiro atoms. The fourth-order valence-electron chi connectivity index (χ4n) is 0.638. The van der Waals surface area contributed by atoms with E-state index in [-0.39, 0.29) is 13.2 Å². The molecular formula is C10H23NO6. The zero-order valence-corrected chi connectivity index (χ0v) is 10.3. The lowest BCUT2D eigenvalue weighted by molar-refractivity contribution is -0.152. The van der Waals surface area contributed by atoms with E-state index in [0.29, 0.717) is 13.1 Å². The van der Waals surface area contributed by atoms with E-state index in [9.17, 15) is 4.79 Å². The van der Waals surface area contributed by atoms with E-state index in [2.05, 4.69) is 0 Å². The molecule has 0 aliphatic heterocycles. The number of rotatable bonds is 7. The van der Waals surface area contributed by atoms with Crippen molar-refractivity contribution in [2.45, 2.75) is 6.92 Å². The molecule has 0 atom stereocenters. The molecule has 0 heterocycles. The van der Waals surface area contributed by atoms with Crippen LogP contribution >= 0.6 is 0 Å². The zero-order chi connectivity index (χ0) is 13.9. The predicted octanol–water partition coefficient (Wildman–Crippen LogP) is -2.04. The second-order valence-corrected chi connectivity index (χ2v) is 3.93. The molecular weight excluding hydrogens is 230 g/mol. The fraction of sp³-hybridized carbons (Fsp3) is 0.900. The molecule has 0 radical (unpaired) electrons. The number of hydrogen-bond acceptors (Lipinski definition) is 6. The third-order valence-electron chi connectivity index (χ3n) is 2.18. The summed E-state index contributed by atoms with van der Waals surface area (Å²) in [6, 6.07) is 0. The van der Waals surface area contributed by atoms with Crippen molar-refractivity contribution in [2.24, 2.45) is 5.41 Å². The lowest BCUT2D eigenvalue weighted by atomic mass is 9.94. The molecule has 0 aromatic carbocycles. The highest BCUT2D eigenvalue weighted by Gasteiger charge is 2.31. The van der Waals surface area contributed by atoms with Crippen molar-refractivity contribution in [1.82, 2.24) is 4.90 Å². The number of carbonyl (C=O) groups is 1. The Hall–Kier alpha value is -0.730. The summed E-state index contributed by atoms with van der Waals surface area (Å²) in [6.45, 7) is 1.79. The van der Waals surface area contributed by atoms with Crippen molar-refractivity contribution < 1.29 is 30.3 Å². The number of nitrogens with zero attached hydrogens (tertiary/aromatic N) is 1. The van der Waals surface area contributed by atoms with Gasteiger partial charge in [-0.3, -0.25) is 4.79 Å². The van der Waals surface area contributed by atoms with Gasteiger partial charge in [0.1, 0.15) is 5.41 Å². The van der Waals surface area contributed by atoms with E-state index in [1.54, 1.807) is 0 Å². The molecule has 0 bridgehead atoms. The number of hydrogen-bond donors (Lipinski definition) is 5. The minimum atomic E-state index is -1.39. The molecule has 0 amide bonds. The van der Waals surface area contributed by atoms with Crippen LogP contribution in [0.1, 0.15) is 6.92 Å². The Morgan fingerprint density at radius 2 is 1.41 bits per heavy atom. The highest BCUT2D eigenvalue weighted by atomic mass is 16.4. The summed E-state index contributed by atoms with van der Waals surface area (Å²) in [5.74, 6) is -1.19. The van der Waals surface area contributed by atoms with Gasteiger partial charge in [0.25, 0.3) is 0 Å². The maximum atomic E-state index is 10.2. The van der Waals surface area contributed by atoms with Crippen LogP contribution in [0, 0.1) is 5.41 Å². The van der Waals surface area contributed by atoms with E-state index in [0.717, 1.165) is 0 Å². The summed E-state index contributed by atoms with van der Waals surface area (Å²) >= 11 is 0. The number of aliphatic hydroxyl groups excluding tert-OH is 4. The van der Waals surface area contributed by atoms with Crippen LogP contribution in [0.25, 0.3) is 0 Å². The molecule has 5 N–H and O–H groups in total. The molecule has 0 fully saturated rings. The minimum absolute atomic E-state index is 0.163. The number of likely N-dealkylation sites (N-methyl/N-ethyl adjacent to an activating group) is 1. The smallest absolute Gasteiger partial charge is 0.314 e. The zero-order valence-electron chi connectivity index (χ0n) is 10.3. The van der Waals surface area contributed by atoms with Crippen LogP contribution in [0.2, 0.25) is 0 Å². The third-order valence-corrected chi connectivity index (χ3v) is 2.18. The number of aliphatic carboxylic acids is 1. The molecule has 0 aromatic heterocycles. The van der Waals surface area contributed by atoms with Crippen LogP contribution in [0.4, 0.5) is 0 Å². The Kier molecular flexibility index (Phi) is 11.4. The predicted molar refractivity (Wildman–Crippen MR) is 61.6 cm³/mol. The molecule has 17 heavy (non-hydrogen) atoms. The van der Waals surface area contributed by atoms with Crippen LogP contribution < -0.4 is 0 Å². The SMILES string of the molecule is CC(CO)(CO)C(=O)O.CN(CCO)CCO. The minimum Gasteiger partial charge on any atom is -0.481 e. The van der Waals surface area contributed by atoms with Crippen molar-refractivity contribution in [3.8, 4) is 0 Å². The largest absolute Gasteiger partial charge is 0.481 e. The van der Waals surface area contributed by atoms with Crippen LogP contribution in [0.5, 0.6) is 0 Å². The van der Waals surface area contributed by atoms with Gasteiger partial charge in [0.2, 0.25) is 0 Å². The second kappa shape index (κ2) is 10.4. The molecule has 0 aliphatic carbocycles. The topological polar surface area (TPSA) is 121 Å². The first-order valence-corrected chi connectivity index (χ1v) is 5.23. The summed E-state index contributed by atoms with van der Waals surface area (Å²) in [5, 5.41) is 41.8. The highest BCUT2D eigenvalue weighted by molar-refractivity contribution is 5.74. The van der Waals surface area contributed by atoms with E-state index in [1.165, 1.54) is 6.92 Å². The van der Waals surface area contributed by atoms with Crippen molar-refractivity contribution in [1.29, 1.82) is 0 Å². The summed E-state index contributed by atoms with van der Waals surface area (Å²) in [5.41, 5.74) is -1.39. The van der Waals surface area contributed by atoms with Gasteiger partial charge in [0.05, 0.1) is 26.4 Å². The third kappa shape index (κ3) is 9.02. The normalized spacial score (nSPS) is 11.0. The van der Waals surface area contributed by atoms with E-state index < -0.39 is 24.6 Å². The summed E-state index contributed by atoms with van der Waals surface area (Å²) in [4.78, 5) is 12.0. The first-order valence-electron chi connectivity index (χ1n) is 5.23. The van der Waals surface area contributed by atoms with Gasteiger partial charge in [-0.1, -0.05) is 0 Å². The Bertz CT molecular complexity index is 189. The van der Waals surface area contributed by atoms with E-state index >= 15 is 0 Å². The van der Waals surface area contributed by atoms with Crippen molar-refractivity contribution in [3.63, 3.8) is 0 Å². The Labute approximate surface area is 101 Å². The van der Waals surface area contributed by atoms with Crippen molar-refractivity contribution >= 4 is 5.97 Å². The van der Waals surface area contributed by atoms with Gasteiger partial charge in [0, 0.05) is 13.1 Å². The van der Waals surface area contributed by atoms with Gasteiger partial charge in [-0.15, -0.1) is 0 Å². The molecule has 7 nitrogen and oxygen atoms in total. The highest BCUT2D eigenvalue weighted by Crippen LogP contribution is 2.12. The molecule has 7 heteroatoms. The maximum absolute atomic E-state index is 10.2. The number of carboxylic acids is 1. The molecule has 0 saturated carbocycles. The maximum Gasteiger partial charge on any atom is 0.314 e. The Morgan fingerprint density at radius 3 is 1.53 bits per heavy atom. The lowest BCUT2D eigenvalue weighted by Gasteiger charge is -2.17. The second-order valence-electron chi connectivity index (χ2n) is 3.93. The first-order chi connectivity index (χ1) is 7.87. The molecule has 0 unspecified atom stereocenters.